The summed E-state index contributed by atoms with van der Waals surface area (Å²) in [6.07, 6.45) is 5.22. The van der Waals surface area contributed by atoms with Gasteiger partial charge in [0, 0.05) is 39.1 Å². The number of nitrogens with one attached hydrogen (secondary N) is 1. The summed E-state index contributed by atoms with van der Waals surface area (Å²) < 4.78 is 3.45. The molecule has 1 fully saturated rings. The van der Waals surface area contributed by atoms with Crippen molar-refractivity contribution in [2.24, 2.45) is 7.05 Å². The summed E-state index contributed by atoms with van der Waals surface area (Å²) in [6.45, 7) is 1.95. The zero-order valence-corrected chi connectivity index (χ0v) is 15.0. The topological polar surface area (TPSA) is 80.9 Å². The molecule has 4 rings (SSSR count). The number of para-hydroxylation sites is 1. The van der Waals surface area contributed by atoms with E-state index < -0.39 is 0 Å². The standard InChI is InChI=1S/C17H18ClN7O/c1-23-8-7-20-16(23)15-10-19-6-9-24(15)17(26)13-11-25(22-21-13)14-5-3-2-4-12(14)18/h2-5,7-8,11,15,19H,6,9-10H2,1H3. The average molecular weight is 372 g/mol. The summed E-state index contributed by atoms with van der Waals surface area (Å²) >= 11 is 6.20. The Hall–Kier alpha value is -2.71. The van der Waals surface area contributed by atoms with Crippen LogP contribution in [0.1, 0.15) is 22.4 Å². The van der Waals surface area contributed by atoms with Gasteiger partial charge in [0.2, 0.25) is 0 Å². The molecular weight excluding hydrogens is 354 g/mol. The Morgan fingerprint density at radius 3 is 2.96 bits per heavy atom. The molecule has 1 unspecified atom stereocenters. The molecule has 0 saturated carbocycles. The van der Waals surface area contributed by atoms with Crippen LogP contribution in [0.2, 0.25) is 5.02 Å². The van der Waals surface area contributed by atoms with E-state index in [2.05, 4.69) is 20.6 Å². The van der Waals surface area contributed by atoms with Crippen molar-refractivity contribution in [2.75, 3.05) is 19.6 Å². The molecule has 0 radical (unpaired) electrons. The SMILES string of the molecule is Cn1ccnc1C1CNCCN1C(=O)c1cn(-c2ccccc2Cl)nn1. The summed E-state index contributed by atoms with van der Waals surface area (Å²) in [7, 11) is 1.92. The Kier molecular flexibility index (Phi) is 4.44. The van der Waals surface area contributed by atoms with Crippen LogP contribution in [0, 0.1) is 0 Å². The normalized spacial score (nSPS) is 17.5. The summed E-state index contributed by atoms with van der Waals surface area (Å²) in [6, 6.07) is 7.15. The molecule has 2 aromatic heterocycles. The molecule has 9 heteroatoms. The van der Waals surface area contributed by atoms with Crippen molar-refractivity contribution in [3.63, 3.8) is 0 Å². The van der Waals surface area contributed by atoms with Crippen LogP contribution < -0.4 is 5.32 Å². The first-order chi connectivity index (χ1) is 12.6. The third-order valence-electron chi connectivity index (χ3n) is 4.47. The number of carbonyl (C=O) groups excluding carboxylic acids is 1. The van der Waals surface area contributed by atoms with Gasteiger partial charge in [-0.25, -0.2) is 9.67 Å². The van der Waals surface area contributed by atoms with E-state index in [4.69, 9.17) is 11.6 Å². The summed E-state index contributed by atoms with van der Waals surface area (Å²) in [5, 5.41) is 12.0. The number of halogens is 1. The highest BCUT2D eigenvalue weighted by Crippen LogP contribution is 2.23. The number of imidazole rings is 1. The Bertz CT molecular complexity index is 935. The highest BCUT2D eigenvalue weighted by atomic mass is 35.5. The zero-order chi connectivity index (χ0) is 18.1. The van der Waals surface area contributed by atoms with Crippen LogP contribution in [0.3, 0.4) is 0 Å². The molecule has 134 valence electrons. The number of hydrogen-bond donors (Lipinski definition) is 1. The number of aryl methyl sites for hydroxylation is 1. The number of nitrogens with zero attached hydrogens (tertiary/aromatic N) is 6. The molecule has 8 nitrogen and oxygen atoms in total. The van der Waals surface area contributed by atoms with Crippen LogP contribution in [0.5, 0.6) is 0 Å². The van der Waals surface area contributed by atoms with E-state index in [1.54, 1.807) is 23.4 Å². The van der Waals surface area contributed by atoms with E-state index >= 15 is 0 Å². The fraction of sp³-hybridized carbons (Fsp3) is 0.294. The second-order valence-electron chi connectivity index (χ2n) is 6.11. The van der Waals surface area contributed by atoms with Gasteiger partial charge in [0.15, 0.2) is 5.69 Å². The number of piperazine rings is 1. The quantitative estimate of drug-likeness (QED) is 0.753. The number of rotatable bonds is 3. The van der Waals surface area contributed by atoms with Crippen LogP contribution in [0.25, 0.3) is 5.69 Å². The fourth-order valence-electron chi connectivity index (χ4n) is 3.14. The van der Waals surface area contributed by atoms with Crippen molar-refractivity contribution in [3.05, 3.63) is 59.4 Å². The Morgan fingerprint density at radius 2 is 2.19 bits per heavy atom. The number of benzene rings is 1. The van der Waals surface area contributed by atoms with Crippen molar-refractivity contribution in [1.29, 1.82) is 0 Å². The van der Waals surface area contributed by atoms with Gasteiger partial charge in [-0.3, -0.25) is 4.79 Å². The van der Waals surface area contributed by atoms with Gasteiger partial charge in [0.05, 0.1) is 16.9 Å². The molecule has 1 amide bonds. The second kappa shape index (κ2) is 6.89. The van der Waals surface area contributed by atoms with E-state index in [9.17, 15) is 4.79 Å². The molecule has 0 aliphatic carbocycles. The van der Waals surface area contributed by atoms with Gasteiger partial charge in [-0.2, -0.15) is 0 Å². The maximum atomic E-state index is 13.1. The van der Waals surface area contributed by atoms with Gasteiger partial charge in [0.25, 0.3) is 5.91 Å². The molecule has 0 bridgehead atoms. The highest BCUT2D eigenvalue weighted by molar-refractivity contribution is 6.32. The van der Waals surface area contributed by atoms with Gasteiger partial charge in [-0.05, 0) is 12.1 Å². The Labute approximate surface area is 155 Å². The van der Waals surface area contributed by atoms with E-state index in [-0.39, 0.29) is 17.6 Å². The molecular formula is C17H18ClN7O. The summed E-state index contributed by atoms with van der Waals surface area (Å²) in [5.74, 6) is 0.668. The first-order valence-electron chi connectivity index (χ1n) is 8.31. The maximum Gasteiger partial charge on any atom is 0.276 e. The molecule has 1 aliphatic rings. The van der Waals surface area contributed by atoms with Gasteiger partial charge in [0.1, 0.15) is 11.9 Å². The van der Waals surface area contributed by atoms with E-state index in [1.807, 2.05) is 36.0 Å². The third kappa shape index (κ3) is 2.97. The number of amides is 1. The molecule has 1 N–H and O–H groups in total. The van der Waals surface area contributed by atoms with Crippen molar-refractivity contribution in [1.82, 2.24) is 34.8 Å². The predicted octanol–water partition coefficient (Wildman–Crippen LogP) is 1.44. The zero-order valence-electron chi connectivity index (χ0n) is 14.2. The first-order valence-corrected chi connectivity index (χ1v) is 8.69. The predicted molar refractivity (Wildman–Crippen MR) is 96.2 cm³/mol. The van der Waals surface area contributed by atoms with E-state index in [1.165, 1.54) is 4.68 Å². The lowest BCUT2D eigenvalue weighted by Gasteiger charge is -2.35. The number of carbonyl (C=O) groups is 1. The fourth-order valence-corrected chi connectivity index (χ4v) is 3.36. The highest BCUT2D eigenvalue weighted by Gasteiger charge is 2.32. The number of hydrogen-bond acceptors (Lipinski definition) is 5. The van der Waals surface area contributed by atoms with Crippen LogP contribution >= 0.6 is 11.6 Å². The monoisotopic (exact) mass is 371 g/mol. The molecule has 3 aromatic rings. The minimum Gasteiger partial charge on any atom is -0.336 e. The lowest BCUT2D eigenvalue weighted by molar-refractivity contribution is 0.0614. The van der Waals surface area contributed by atoms with Gasteiger partial charge in [-0.15, -0.1) is 5.10 Å². The average Bonchev–Trinajstić information content (AvgIpc) is 3.31. The minimum absolute atomic E-state index is 0.151. The smallest absolute Gasteiger partial charge is 0.276 e. The molecule has 26 heavy (non-hydrogen) atoms. The van der Waals surface area contributed by atoms with Crippen molar-refractivity contribution in [3.8, 4) is 5.69 Å². The van der Waals surface area contributed by atoms with E-state index in [0.29, 0.717) is 23.8 Å². The third-order valence-corrected chi connectivity index (χ3v) is 4.79. The lowest BCUT2D eigenvalue weighted by Crippen LogP contribution is -2.49. The Morgan fingerprint density at radius 1 is 1.35 bits per heavy atom. The second-order valence-corrected chi connectivity index (χ2v) is 6.52. The molecule has 1 saturated heterocycles. The van der Waals surface area contributed by atoms with Crippen LogP contribution in [0.4, 0.5) is 0 Å². The van der Waals surface area contributed by atoms with Gasteiger partial charge in [-0.1, -0.05) is 28.9 Å². The molecule has 0 spiro atoms. The minimum atomic E-state index is -0.169. The molecule has 1 atom stereocenters. The lowest BCUT2D eigenvalue weighted by atomic mass is 10.1. The van der Waals surface area contributed by atoms with Gasteiger partial charge >= 0.3 is 0 Å². The molecule has 3 heterocycles. The van der Waals surface area contributed by atoms with Crippen molar-refractivity contribution in [2.45, 2.75) is 6.04 Å². The number of aromatic nitrogens is 5. The van der Waals surface area contributed by atoms with Crippen LogP contribution in [-0.4, -0.2) is 55.0 Å². The maximum absolute atomic E-state index is 13.1. The summed E-state index contributed by atoms with van der Waals surface area (Å²) in [4.78, 5) is 19.3. The molecule has 1 aliphatic heterocycles. The van der Waals surface area contributed by atoms with Gasteiger partial charge < -0.3 is 14.8 Å². The summed E-state index contributed by atoms with van der Waals surface area (Å²) in [5.41, 5.74) is 0.965. The molecule has 1 aromatic carbocycles. The van der Waals surface area contributed by atoms with Crippen molar-refractivity contribution >= 4 is 17.5 Å². The first kappa shape index (κ1) is 16.7. The van der Waals surface area contributed by atoms with Crippen LogP contribution in [-0.2, 0) is 7.05 Å². The largest absolute Gasteiger partial charge is 0.336 e. The van der Waals surface area contributed by atoms with Crippen molar-refractivity contribution < 1.29 is 4.79 Å². The Balaban J connectivity index is 1.62. The van der Waals surface area contributed by atoms with Crippen LogP contribution in [0.15, 0.2) is 42.9 Å². The van der Waals surface area contributed by atoms with E-state index in [0.717, 1.165) is 12.4 Å².